The van der Waals surface area contributed by atoms with Gasteiger partial charge >= 0.3 is 0 Å². The molecule has 0 unspecified atom stereocenters. The van der Waals surface area contributed by atoms with Crippen LogP contribution in [0.1, 0.15) is 36.0 Å². The number of hydrogen-bond donors (Lipinski definition) is 3. The lowest BCUT2D eigenvalue weighted by Gasteiger charge is -2.10. The molecule has 0 saturated heterocycles. The number of fused-ring (bicyclic) bond motifs is 1. The van der Waals surface area contributed by atoms with E-state index in [2.05, 4.69) is 60.0 Å². The normalized spacial score (nSPS) is 13.1. The summed E-state index contributed by atoms with van der Waals surface area (Å²) in [6.07, 6.45) is 4.58. The first-order valence-corrected chi connectivity index (χ1v) is 12.9. The zero-order valence-electron chi connectivity index (χ0n) is 19.6. The van der Waals surface area contributed by atoms with Gasteiger partial charge in [0.1, 0.15) is 0 Å². The molecule has 176 valence electrons. The molecule has 0 aliphatic carbocycles. The maximum absolute atomic E-state index is 13.1. The molecule has 0 spiro atoms. The third-order valence-electron chi connectivity index (χ3n) is 5.95. The van der Waals surface area contributed by atoms with Crippen LogP contribution in [-0.2, 0) is 11.3 Å². The van der Waals surface area contributed by atoms with Gasteiger partial charge in [0.25, 0.3) is 5.91 Å². The molecule has 3 aromatic rings. The Morgan fingerprint density at radius 1 is 0.971 bits per heavy atom. The van der Waals surface area contributed by atoms with Gasteiger partial charge in [-0.05, 0) is 85.3 Å². The van der Waals surface area contributed by atoms with Crippen molar-refractivity contribution in [3.63, 3.8) is 0 Å². The zero-order chi connectivity index (χ0) is 23.8. The molecule has 0 fully saturated rings. The Hall–Kier alpha value is -2.86. The van der Waals surface area contributed by atoms with Crippen LogP contribution >= 0.6 is 11.8 Å². The van der Waals surface area contributed by atoms with Gasteiger partial charge in [0.2, 0.25) is 0 Å². The summed E-state index contributed by atoms with van der Waals surface area (Å²) in [4.78, 5) is 14.3. The first-order valence-electron chi connectivity index (χ1n) is 11.9. The molecule has 1 aliphatic heterocycles. The van der Waals surface area contributed by atoms with E-state index in [0.29, 0.717) is 0 Å². The highest BCUT2D eigenvalue weighted by atomic mass is 32.2. The summed E-state index contributed by atoms with van der Waals surface area (Å²) in [5.74, 6) is 0.848. The molecule has 0 aromatic heterocycles. The second kappa shape index (κ2) is 12.0. The molecule has 0 bridgehead atoms. The molecular formula is C29H32N2O2S. The highest BCUT2D eigenvalue weighted by Crippen LogP contribution is 2.34. The van der Waals surface area contributed by atoms with Gasteiger partial charge in [-0.25, -0.2) is 0 Å². The topological polar surface area (TPSA) is 61.4 Å². The monoisotopic (exact) mass is 472 g/mol. The highest BCUT2D eigenvalue weighted by Gasteiger charge is 2.16. The van der Waals surface area contributed by atoms with Gasteiger partial charge < -0.3 is 15.7 Å². The van der Waals surface area contributed by atoms with E-state index >= 15 is 0 Å². The lowest BCUT2D eigenvalue weighted by Crippen LogP contribution is -2.16. The maximum Gasteiger partial charge on any atom is 0.251 e. The number of carbonyl (C=O) groups excluding carboxylic acids is 1. The van der Waals surface area contributed by atoms with Crippen LogP contribution in [0, 0.1) is 6.92 Å². The fourth-order valence-corrected chi connectivity index (χ4v) is 4.93. The number of nitrogens with one attached hydrogen (secondary N) is 2. The molecule has 3 aromatic carbocycles. The number of amides is 1. The molecule has 1 amide bonds. The molecule has 1 aliphatic rings. The average molecular weight is 473 g/mol. The van der Waals surface area contributed by atoms with Gasteiger partial charge in [-0.3, -0.25) is 4.79 Å². The molecule has 34 heavy (non-hydrogen) atoms. The summed E-state index contributed by atoms with van der Waals surface area (Å²) in [5, 5.41) is 15.3. The Morgan fingerprint density at radius 2 is 1.74 bits per heavy atom. The average Bonchev–Trinajstić information content (AvgIpc) is 3.07. The number of benzene rings is 3. The molecule has 0 atom stereocenters. The lowest BCUT2D eigenvalue weighted by molar-refractivity contribution is -0.112. The van der Waals surface area contributed by atoms with Crippen molar-refractivity contribution in [2.75, 3.05) is 24.2 Å². The molecule has 4 rings (SSSR count). The Labute approximate surface area is 206 Å². The molecule has 1 heterocycles. The number of anilines is 1. The van der Waals surface area contributed by atoms with Gasteiger partial charge in [0.05, 0.1) is 0 Å². The summed E-state index contributed by atoms with van der Waals surface area (Å²) in [7, 11) is 0. The van der Waals surface area contributed by atoms with Crippen molar-refractivity contribution in [3.05, 3.63) is 89.0 Å². The van der Waals surface area contributed by atoms with E-state index in [4.69, 9.17) is 5.11 Å². The van der Waals surface area contributed by atoms with Crippen molar-refractivity contribution in [2.24, 2.45) is 0 Å². The second-order valence-electron chi connectivity index (χ2n) is 8.65. The van der Waals surface area contributed by atoms with Crippen LogP contribution in [0.4, 0.5) is 5.69 Å². The van der Waals surface area contributed by atoms with Crippen molar-refractivity contribution in [2.45, 2.75) is 37.6 Å². The van der Waals surface area contributed by atoms with E-state index < -0.39 is 0 Å². The number of unbranched alkanes of at least 4 members (excludes halogenated alkanes) is 1. The van der Waals surface area contributed by atoms with E-state index in [0.717, 1.165) is 60.5 Å². The molecule has 5 heteroatoms. The fraction of sp³-hybridized carbons (Fsp3) is 0.276. The second-order valence-corrected chi connectivity index (χ2v) is 9.78. The van der Waals surface area contributed by atoms with Crippen LogP contribution in [0.2, 0.25) is 0 Å². The minimum absolute atomic E-state index is 0.0379. The standard InChI is InChI=1S/C29H32N2O2S/c1-21-4-8-23(9-5-21)24-10-13-28-26(18-24)19-25(14-17-34-28)29(33)31-27-11-6-22(7-12-27)20-30-15-2-3-16-32/h4-13,18-19,30,32H,2-3,14-17,20H2,1H3,(H,31,33). The Balaban J connectivity index is 1.42. The summed E-state index contributed by atoms with van der Waals surface area (Å²) >= 11 is 1.80. The number of hydrogen-bond acceptors (Lipinski definition) is 4. The van der Waals surface area contributed by atoms with Crippen molar-refractivity contribution in [1.82, 2.24) is 5.32 Å². The smallest absolute Gasteiger partial charge is 0.251 e. The molecule has 0 radical (unpaired) electrons. The first kappa shape index (κ1) is 24.3. The van der Waals surface area contributed by atoms with E-state index in [1.165, 1.54) is 21.6 Å². The number of aliphatic hydroxyl groups is 1. The quantitative estimate of drug-likeness (QED) is 0.332. The van der Waals surface area contributed by atoms with Crippen LogP contribution in [0.3, 0.4) is 0 Å². The Morgan fingerprint density at radius 3 is 2.50 bits per heavy atom. The van der Waals surface area contributed by atoms with Crippen LogP contribution < -0.4 is 10.6 Å². The van der Waals surface area contributed by atoms with Gasteiger partial charge in [-0.2, -0.15) is 0 Å². The van der Waals surface area contributed by atoms with E-state index in [-0.39, 0.29) is 12.5 Å². The summed E-state index contributed by atoms with van der Waals surface area (Å²) in [6, 6.07) is 23.1. The third kappa shape index (κ3) is 6.60. The van der Waals surface area contributed by atoms with E-state index in [9.17, 15) is 4.79 Å². The summed E-state index contributed by atoms with van der Waals surface area (Å²) in [5.41, 5.74) is 7.48. The van der Waals surface area contributed by atoms with Crippen molar-refractivity contribution >= 4 is 29.4 Å². The van der Waals surface area contributed by atoms with Gasteiger partial charge in [0, 0.05) is 35.1 Å². The molecule has 0 saturated carbocycles. The summed E-state index contributed by atoms with van der Waals surface area (Å²) in [6.45, 7) is 4.00. The van der Waals surface area contributed by atoms with Crippen molar-refractivity contribution in [1.29, 1.82) is 0 Å². The Kier molecular flexibility index (Phi) is 8.58. The van der Waals surface area contributed by atoms with Gasteiger partial charge in [0.15, 0.2) is 0 Å². The van der Waals surface area contributed by atoms with Crippen molar-refractivity contribution in [3.8, 4) is 11.1 Å². The maximum atomic E-state index is 13.1. The third-order valence-corrected chi connectivity index (χ3v) is 7.04. The van der Waals surface area contributed by atoms with Gasteiger partial charge in [-0.1, -0.05) is 48.0 Å². The number of carbonyl (C=O) groups is 1. The minimum atomic E-state index is -0.0379. The van der Waals surface area contributed by atoms with Crippen LogP contribution in [-0.4, -0.2) is 29.9 Å². The van der Waals surface area contributed by atoms with E-state index in [1.54, 1.807) is 11.8 Å². The van der Waals surface area contributed by atoms with Gasteiger partial charge in [-0.15, -0.1) is 11.8 Å². The number of rotatable bonds is 9. The molecular weight excluding hydrogens is 440 g/mol. The number of aryl methyl sites for hydroxylation is 1. The van der Waals surface area contributed by atoms with E-state index in [1.807, 2.05) is 30.3 Å². The van der Waals surface area contributed by atoms with Crippen LogP contribution in [0.5, 0.6) is 0 Å². The highest BCUT2D eigenvalue weighted by molar-refractivity contribution is 7.99. The fourth-order valence-electron chi connectivity index (χ4n) is 3.94. The Bertz CT molecular complexity index is 1140. The first-order chi connectivity index (χ1) is 16.6. The number of thioether (sulfide) groups is 1. The number of aliphatic hydroxyl groups excluding tert-OH is 1. The van der Waals surface area contributed by atoms with Crippen LogP contribution in [0.15, 0.2) is 77.2 Å². The summed E-state index contributed by atoms with van der Waals surface area (Å²) < 4.78 is 0. The molecule has 4 nitrogen and oxygen atoms in total. The minimum Gasteiger partial charge on any atom is -0.396 e. The van der Waals surface area contributed by atoms with Crippen LogP contribution in [0.25, 0.3) is 17.2 Å². The molecule has 3 N–H and O–H groups in total. The zero-order valence-corrected chi connectivity index (χ0v) is 20.5. The largest absolute Gasteiger partial charge is 0.396 e. The lowest BCUT2D eigenvalue weighted by atomic mass is 10.0. The SMILES string of the molecule is Cc1ccc(-c2ccc3c(c2)C=C(C(=O)Nc2ccc(CNCCCCO)cc2)CCS3)cc1. The van der Waals surface area contributed by atoms with Crippen molar-refractivity contribution < 1.29 is 9.90 Å². The predicted molar refractivity (Wildman–Crippen MR) is 143 cm³/mol. The predicted octanol–water partition coefficient (Wildman–Crippen LogP) is 6.04.